The first-order valence-electron chi connectivity index (χ1n) is 10.4. The van der Waals surface area contributed by atoms with Gasteiger partial charge in [0.2, 0.25) is 0 Å². The number of anilines is 2. The van der Waals surface area contributed by atoms with Crippen molar-refractivity contribution < 1.29 is 9.53 Å². The maximum absolute atomic E-state index is 12.8. The second kappa shape index (κ2) is 9.68. The minimum atomic E-state index is -0.141. The Labute approximate surface area is 194 Å². The van der Waals surface area contributed by atoms with Crippen molar-refractivity contribution in [2.24, 2.45) is 0 Å². The molecule has 0 spiro atoms. The van der Waals surface area contributed by atoms with Crippen LogP contribution in [0.2, 0.25) is 0 Å². The van der Waals surface area contributed by atoms with E-state index in [-0.39, 0.29) is 5.91 Å². The monoisotopic (exact) mass is 462 g/mol. The summed E-state index contributed by atoms with van der Waals surface area (Å²) in [4.78, 5) is 24.1. The van der Waals surface area contributed by atoms with Crippen LogP contribution in [0.25, 0.3) is 10.2 Å². The number of carbonyl (C=O) groups excluding carboxylic acids is 1. The molecule has 2 aromatic heterocycles. The van der Waals surface area contributed by atoms with Gasteiger partial charge in [0.15, 0.2) is 10.2 Å². The van der Waals surface area contributed by atoms with Crippen LogP contribution in [0.1, 0.15) is 15.9 Å². The van der Waals surface area contributed by atoms with Gasteiger partial charge >= 0.3 is 0 Å². The molecule has 0 radical (unpaired) electrons. The van der Waals surface area contributed by atoms with Crippen molar-refractivity contribution in [1.29, 1.82) is 0 Å². The number of morpholine rings is 1. The maximum atomic E-state index is 12.8. The van der Waals surface area contributed by atoms with Gasteiger partial charge in [-0.1, -0.05) is 36.0 Å². The molecule has 4 aromatic rings. The molecule has 0 saturated carbocycles. The third kappa shape index (κ3) is 4.77. The number of rotatable bonds is 6. The summed E-state index contributed by atoms with van der Waals surface area (Å²) >= 11 is 3.43. The van der Waals surface area contributed by atoms with E-state index in [1.165, 1.54) is 4.70 Å². The number of nitrogens with zero attached hydrogens (tertiary/aromatic N) is 3. The molecule has 0 bridgehead atoms. The van der Waals surface area contributed by atoms with Crippen LogP contribution in [0.3, 0.4) is 0 Å². The van der Waals surface area contributed by atoms with Crippen LogP contribution in [0.15, 0.2) is 71.2 Å². The fourth-order valence-electron chi connectivity index (χ4n) is 3.53. The molecule has 1 N–H and O–H groups in total. The standard InChI is InChI=1S/C24H22N4O2S2/c29-23(26-20-5-3-11-25-22(20)28-12-14-30-15-13-28)18-9-7-17(8-10-18)16-31-24-27-19-4-1-2-6-21(19)32-24/h1-11H,12-16H2,(H,26,29). The molecule has 162 valence electrons. The molecule has 8 heteroatoms. The zero-order valence-electron chi connectivity index (χ0n) is 17.4. The van der Waals surface area contributed by atoms with Gasteiger partial charge in [-0.05, 0) is 42.0 Å². The molecule has 1 amide bonds. The number of ether oxygens (including phenoxy) is 1. The highest BCUT2D eigenvalue weighted by atomic mass is 32.2. The van der Waals surface area contributed by atoms with Gasteiger partial charge in [-0.2, -0.15) is 0 Å². The van der Waals surface area contributed by atoms with Gasteiger partial charge in [0.05, 0.1) is 29.1 Å². The van der Waals surface area contributed by atoms with E-state index in [0.29, 0.717) is 18.8 Å². The van der Waals surface area contributed by atoms with Gasteiger partial charge in [-0.25, -0.2) is 9.97 Å². The van der Waals surface area contributed by atoms with Crippen LogP contribution >= 0.6 is 23.1 Å². The number of carbonyl (C=O) groups is 1. The Morgan fingerprint density at radius 3 is 2.69 bits per heavy atom. The SMILES string of the molecule is O=C(Nc1cccnc1N1CCOCC1)c1ccc(CSc2nc3ccccc3s2)cc1. The smallest absolute Gasteiger partial charge is 0.255 e. The van der Waals surface area contributed by atoms with Gasteiger partial charge < -0.3 is 15.0 Å². The number of thioether (sulfide) groups is 1. The summed E-state index contributed by atoms with van der Waals surface area (Å²) in [5.74, 6) is 1.46. The highest BCUT2D eigenvalue weighted by Crippen LogP contribution is 2.31. The van der Waals surface area contributed by atoms with E-state index in [0.717, 1.165) is 45.8 Å². The molecule has 2 aromatic carbocycles. The Morgan fingerprint density at radius 1 is 1.06 bits per heavy atom. The van der Waals surface area contributed by atoms with Crippen LogP contribution < -0.4 is 10.2 Å². The molecule has 5 rings (SSSR count). The van der Waals surface area contributed by atoms with Crippen LogP contribution in [-0.2, 0) is 10.5 Å². The Morgan fingerprint density at radius 2 is 1.88 bits per heavy atom. The van der Waals surface area contributed by atoms with Crippen LogP contribution in [0.4, 0.5) is 11.5 Å². The average Bonchev–Trinajstić information content (AvgIpc) is 3.27. The number of hydrogen-bond acceptors (Lipinski definition) is 7. The van der Waals surface area contributed by atoms with Gasteiger partial charge in [0.1, 0.15) is 0 Å². The van der Waals surface area contributed by atoms with Crippen LogP contribution in [0.5, 0.6) is 0 Å². The number of amides is 1. The maximum Gasteiger partial charge on any atom is 0.255 e. The first-order valence-corrected chi connectivity index (χ1v) is 12.2. The van der Waals surface area contributed by atoms with Gasteiger partial charge in [0, 0.05) is 30.6 Å². The minimum absolute atomic E-state index is 0.141. The Bertz CT molecular complexity index is 1190. The number of fused-ring (bicyclic) bond motifs is 1. The fraction of sp³-hybridized carbons (Fsp3) is 0.208. The Balaban J connectivity index is 1.23. The topological polar surface area (TPSA) is 67.4 Å². The fourth-order valence-corrected chi connectivity index (χ4v) is 5.55. The van der Waals surface area contributed by atoms with E-state index in [4.69, 9.17) is 4.74 Å². The van der Waals surface area contributed by atoms with E-state index in [1.807, 2.05) is 54.6 Å². The zero-order chi connectivity index (χ0) is 21.8. The second-order valence-corrected chi connectivity index (χ2v) is 9.61. The molecule has 1 fully saturated rings. The van der Waals surface area contributed by atoms with Crippen molar-refractivity contribution in [2.45, 2.75) is 10.1 Å². The molecule has 6 nitrogen and oxygen atoms in total. The molecule has 0 unspecified atom stereocenters. The summed E-state index contributed by atoms with van der Waals surface area (Å²) in [7, 11) is 0. The average molecular weight is 463 g/mol. The molecular weight excluding hydrogens is 440 g/mol. The molecule has 1 saturated heterocycles. The largest absolute Gasteiger partial charge is 0.378 e. The highest BCUT2D eigenvalue weighted by Gasteiger charge is 2.17. The normalized spacial score (nSPS) is 13.9. The van der Waals surface area contributed by atoms with Crippen molar-refractivity contribution in [3.8, 4) is 0 Å². The van der Waals surface area contributed by atoms with Crippen molar-refractivity contribution in [3.63, 3.8) is 0 Å². The summed E-state index contributed by atoms with van der Waals surface area (Å²) in [6.45, 7) is 2.86. The van der Waals surface area contributed by atoms with Crippen LogP contribution in [0, 0.1) is 0 Å². The lowest BCUT2D eigenvalue weighted by atomic mass is 10.1. The van der Waals surface area contributed by atoms with Gasteiger partial charge in [-0.3, -0.25) is 4.79 Å². The summed E-state index contributed by atoms with van der Waals surface area (Å²) in [6, 6.07) is 19.6. The van der Waals surface area contributed by atoms with E-state index < -0.39 is 0 Å². The van der Waals surface area contributed by atoms with Crippen molar-refractivity contribution >= 4 is 50.7 Å². The second-order valence-electron chi connectivity index (χ2n) is 7.36. The Kier molecular flexibility index (Phi) is 6.34. The lowest BCUT2D eigenvalue weighted by Gasteiger charge is -2.29. The molecule has 0 aliphatic carbocycles. The Hall–Kier alpha value is -2.94. The van der Waals surface area contributed by atoms with E-state index in [9.17, 15) is 4.79 Å². The molecular formula is C24H22N4O2S2. The molecule has 1 aliphatic heterocycles. The quantitative estimate of drug-likeness (QED) is 0.404. The molecule has 0 atom stereocenters. The number of benzene rings is 2. The van der Waals surface area contributed by atoms with E-state index in [2.05, 4.69) is 26.3 Å². The summed E-state index contributed by atoms with van der Waals surface area (Å²) in [5.41, 5.74) is 3.53. The lowest BCUT2D eigenvalue weighted by molar-refractivity contribution is 0.102. The number of aromatic nitrogens is 2. The zero-order valence-corrected chi connectivity index (χ0v) is 19.0. The first kappa shape index (κ1) is 20.9. The van der Waals surface area contributed by atoms with Crippen molar-refractivity contribution in [1.82, 2.24) is 9.97 Å². The number of para-hydroxylation sites is 1. The summed E-state index contributed by atoms with van der Waals surface area (Å²) in [5, 5.41) is 3.02. The van der Waals surface area contributed by atoms with E-state index in [1.54, 1.807) is 29.3 Å². The molecule has 3 heterocycles. The van der Waals surface area contributed by atoms with Gasteiger partial charge in [-0.15, -0.1) is 11.3 Å². The van der Waals surface area contributed by atoms with Crippen LogP contribution in [-0.4, -0.2) is 42.2 Å². The van der Waals surface area contributed by atoms with Crippen molar-refractivity contribution in [3.05, 3.63) is 78.0 Å². The third-order valence-electron chi connectivity index (χ3n) is 5.20. The number of thiazole rings is 1. The molecule has 1 aliphatic rings. The van der Waals surface area contributed by atoms with Crippen molar-refractivity contribution in [2.75, 3.05) is 36.5 Å². The first-order chi connectivity index (χ1) is 15.8. The van der Waals surface area contributed by atoms with E-state index >= 15 is 0 Å². The van der Waals surface area contributed by atoms with Gasteiger partial charge in [0.25, 0.3) is 5.91 Å². The summed E-state index contributed by atoms with van der Waals surface area (Å²) < 4.78 is 7.68. The number of hydrogen-bond donors (Lipinski definition) is 1. The number of pyridine rings is 1. The highest BCUT2D eigenvalue weighted by molar-refractivity contribution is 8.00. The molecule has 32 heavy (non-hydrogen) atoms. The summed E-state index contributed by atoms with van der Waals surface area (Å²) in [6.07, 6.45) is 1.75. The minimum Gasteiger partial charge on any atom is -0.378 e. The number of nitrogens with one attached hydrogen (secondary N) is 1. The predicted molar refractivity (Wildman–Crippen MR) is 131 cm³/mol. The predicted octanol–water partition coefficient (Wildman–Crippen LogP) is 5.07. The lowest BCUT2D eigenvalue weighted by Crippen LogP contribution is -2.37. The third-order valence-corrected chi connectivity index (χ3v) is 7.45.